The molecule has 7 heteroatoms. The maximum absolute atomic E-state index is 11.2. The Hall–Kier alpha value is -1.51. The summed E-state index contributed by atoms with van der Waals surface area (Å²) in [6.45, 7) is 5.39. The number of carbonyl (C=O) groups excluding carboxylic acids is 1. The van der Waals surface area contributed by atoms with Crippen LogP contribution in [-0.2, 0) is 11.2 Å². The molecule has 0 bridgehead atoms. The van der Waals surface area contributed by atoms with E-state index in [2.05, 4.69) is 23.2 Å². The molecule has 0 aromatic heterocycles. The van der Waals surface area contributed by atoms with Gasteiger partial charge in [-0.3, -0.25) is 9.79 Å². The molecular formula is C19H31IN4O2. The van der Waals surface area contributed by atoms with E-state index >= 15 is 0 Å². The zero-order valence-corrected chi connectivity index (χ0v) is 18.1. The molecule has 26 heavy (non-hydrogen) atoms. The predicted molar refractivity (Wildman–Crippen MR) is 116 cm³/mol. The van der Waals surface area contributed by atoms with Gasteiger partial charge in [0.1, 0.15) is 5.75 Å². The maximum Gasteiger partial charge on any atom is 0.217 e. The number of likely N-dealkylation sites (tertiary alicyclic amines) is 1. The number of hydrogen-bond acceptors (Lipinski definition) is 3. The number of primary amides is 1. The van der Waals surface area contributed by atoms with Gasteiger partial charge in [0.15, 0.2) is 5.96 Å². The first-order valence-electron chi connectivity index (χ1n) is 9.07. The number of guanidine groups is 1. The highest BCUT2D eigenvalue weighted by Crippen LogP contribution is 2.20. The number of benzene rings is 1. The lowest BCUT2D eigenvalue weighted by Gasteiger charge is -2.34. The quantitative estimate of drug-likeness (QED) is 0.362. The minimum atomic E-state index is -0.218. The molecule has 1 aromatic carbocycles. The van der Waals surface area contributed by atoms with Gasteiger partial charge in [-0.25, -0.2) is 0 Å². The Morgan fingerprint density at radius 2 is 2.19 bits per heavy atom. The molecule has 0 aliphatic carbocycles. The highest BCUT2D eigenvalue weighted by molar-refractivity contribution is 14.0. The molecule has 1 fully saturated rings. The highest BCUT2D eigenvalue weighted by atomic mass is 127. The second kappa shape index (κ2) is 12.0. The van der Waals surface area contributed by atoms with Crippen molar-refractivity contribution >= 4 is 35.8 Å². The van der Waals surface area contributed by atoms with Crippen LogP contribution in [0.3, 0.4) is 0 Å². The lowest BCUT2D eigenvalue weighted by Crippen LogP contribution is -2.47. The number of para-hydroxylation sites is 1. The van der Waals surface area contributed by atoms with E-state index in [0.717, 1.165) is 56.2 Å². The highest BCUT2D eigenvalue weighted by Gasteiger charge is 2.23. The van der Waals surface area contributed by atoms with Crippen LogP contribution in [0.15, 0.2) is 29.3 Å². The molecule has 0 saturated carbocycles. The molecule has 1 heterocycles. The summed E-state index contributed by atoms with van der Waals surface area (Å²) >= 11 is 0. The number of halogens is 1. The Kier molecular flexibility index (Phi) is 10.4. The number of nitrogens with two attached hydrogens (primary N) is 1. The Balaban J connectivity index is 0.00000338. The van der Waals surface area contributed by atoms with Gasteiger partial charge in [0, 0.05) is 32.6 Å². The summed E-state index contributed by atoms with van der Waals surface area (Å²) in [5.41, 5.74) is 6.52. The number of carbonyl (C=O) groups is 1. The van der Waals surface area contributed by atoms with Crippen molar-refractivity contribution in [3.8, 4) is 5.75 Å². The van der Waals surface area contributed by atoms with E-state index in [9.17, 15) is 4.79 Å². The lowest BCUT2D eigenvalue weighted by molar-refractivity contribution is -0.119. The number of methoxy groups -OCH3 is 1. The fourth-order valence-electron chi connectivity index (χ4n) is 3.33. The number of aliphatic imine (C=N–C) groups is 1. The average molecular weight is 474 g/mol. The maximum atomic E-state index is 11.2. The number of ether oxygens (including phenoxy) is 1. The molecule has 3 N–H and O–H groups in total. The number of nitrogens with zero attached hydrogens (tertiary/aromatic N) is 2. The summed E-state index contributed by atoms with van der Waals surface area (Å²) in [5.74, 6) is 1.93. The number of hydrogen-bond donors (Lipinski definition) is 2. The van der Waals surface area contributed by atoms with Crippen molar-refractivity contribution in [2.24, 2.45) is 16.6 Å². The number of nitrogens with one attached hydrogen (secondary N) is 1. The molecular weight excluding hydrogens is 443 g/mol. The Morgan fingerprint density at radius 1 is 1.42 bits per heavy atom. The van der Waals surface area contributed by atoms with E-state index in [1.807, 2.05) is 18.2 Å². The van der Waals surface area contributed by atoms with Crippen LogP contribution in [0.25, 0.3) is 0 Å². The number of rotatable bonds is 7. The van der Waals surface area contributed by atoms with Crippen molar-refractivity contribution in [1.29, 1.82) is 0 Å². The second-order valence-electron chi connectivity index (χ2n) is 6.42. The van der Waals surface area contributed by atoms with Gasteiger partial charge in [0.2, 0.25) is 5.91 Å². The Morgan fingerprint density at radius 3 is 2.88 bits per heavy atom. The first-order chi connectivity index (χ1) is 12.1. The van der Waals surface area contributed by atoms with Gasteiger partial charge in [0.05, 0.1) is 7.11 Å². The Bertz CT molecular complexity index is 595. The van der Waals surface area contributed by atoms with Gasteiger partial charge in [0.25, 0.3) is 0 Å². The number of piperidine rings is 1. The van der Waals surface area contributed by atoms with Gasteiger partial charge in [-0.05, 0) is 43.7 Å². The Labute approximate surface area is 173 Å². The van der Waals surface area contributed by atoms with E-state index in [4.69, 9.17) is 15.5 Å². The molecule has 1 aliphatic heterocycles. The van der Waals surface area contributed by atoms with Crippen LogP contribution < -0.4 is 15.8 Å². The van der Waals surface area contributed by atoms with Crippen LogP contribution in [0.5, 0.6) is 5.75 Å². The summed E-state index contributed by atoms with van der Waals surface area (Å²) in [4.78, 5) is 18.2. The van der Waals surface area contributed by atoms with E-state index in [-0.39, 0.29) is 29.9 Å². The largest absolute Gasteiger partial charge is 0.496 e. The first kappa shape index (κ1) is 22.5. The summed E-state index contributed by atoms with van der Waals surface area (Å²) in [5, 5.41) is 3.37. The van der Waals surface area contributed by atoms with Gasteiger partial charge in [-0.1, -0.05) is 18.2 Å². The molecule has 146 valence electrons. The minimum absolute atomic E-state index is 0. The standard InChI is InChI=1S/C19H30N4O2.HI/c1-3-21-19(23-12-6-7-15(14-23)13-18(20)24)22-11-10-16-8-4-5-9-17(16)25-2;/h4-5,8-9,15H,3,6-7,10-14H2,1-2H3,(H2,20,24)(H,21,22);1H. The van der Waals surface area contributed by atoms with E-state index in [0.29, 0.717) is 18.9 Å². The smallest absolute Gasteiger partial charge is 0.217 e. The van der Waals surface area contributed by atoms with Gasteiger partial charge >= 0.3 is 0 Å². The predicted octanol–water partition coefficient (Wildman–Crippen LogP) is 2.41. The van der Waals surface area contributed by atoms with Crippen molar-refractivity contribution in [3.05, 3.63) is 29.8 Å². The van der Waals surface area contributed by atoms with Crippen LogP contribution in [-0.4, -0.2) is 50.1 Å². The molecule has 1 aliphatic rings. The van der Waals surface area contributed by atoms with Crippen molar-refractivity contribution in [3.63, 3.8) is 0 Å². The normalized spacial score (nSPS) is 17.4. The van der Waals surface area contributed by atoms with Crippen molar-refractivity contribution < 1.29 is 9.53 Å². The lowest BCUT2D eigenvalue weighted by atomic mass is 9.95. The van der Waals surface area contributed by atoms with E-state index in [1.54, 1.807) is 7.11 Å². The molecule has 0 radical (unpaired) electrons. The molecule has 1 saturated heterocycles. The van der Waals surface area contributed by atoms with E-state index < -0.39 is 0 Å². The molecule has 6 nitrogen and oxygen atoms in total. The zero-order chi connectivity index (χ0) is 18.1. The SMILES string of the molecule is CCNC(=NCCc1ccccc1OC)N1CCCC(CC(N)=O)C1.I. The van der Waals surface area contributed by atoms with Crippen molar-refractivity contribution in [1.82, 2.24) is 10.2 Å². The van der Waals surface area contributed by atoms with Crippen LogP contribution in [0.1, 0.15) is 31.7 Å². The molecule has 1 aromatic rings. The third-order valence-corrected chi connectivity index (χ3v) is 4.48. The average Bonchev–Trinajstić information content (AvgIpc) is 2.61. The second-order valence-corrected chi connectivity index (χ2v) is 6.42. The molecule has 1 amide bonds. The van der Waals surface area contributed by atoms with Gasteiger partial charge in [-0.2, -0.15) is 0 Å². The van der Waals surface area contributed by atoms with Crippen LogP contribution >= 0.6 is 24.0 Å². The fourth-order valence-corrected chi connectivity index (χ4v) is 3.33. The van der Waals surface area contributed by atoms with Crippen molar-refractivity contribution in [2.75, 3.05) is 33.3 Å². The summed E-state index contributed by atoms with van der Waals surface area (Å²) in [6, 6.07) is 8.04. The van der Waals surface area contributed by atoms with Gasteiger partial charge < -0.3 is 20.7 Å². The summed E-state index contributed by atoms with van der Waals surface area (Å²) in [6.07, 6.45) is 3.41. The fraction of sp³-hybridized carbons (Fsp3) is 0.579. The van der Waals surface area contributed by atoms with Gasteiger partial charge in [-0.15, -0.1) is 24.0 Å². The topological polar surface area (TPSA) is 80.0 Å². The van der Waals surface area contributed by atoms with Crippen LogP contribution in [0.4, 0.5) is 0 Å². The molecule has 2 rings (SSSR count). The zero-order valence-electron chi connectivity index (χ0n) is 15.7. The molecule has 0 spiro atoms. The minimum Gasteiger partial charge on any atom is -0.496 e. The van der Waals surface area contributed by atoms with E-state index in [1.165, 1.54) is 0 Å². The van der Waals surface area contributed by atoms with Crippen LogP contribution in [0.2, 0.25) is 0 Å². The monoisotopic (exact) mass is 474 g/mol. The molecule has 1 unspecified atom stereocenters. The molecule has 1 atom stereocenters. The first-order valence-corrected chi connectivity index (χ1v) is 9.07. The third kappa shape index (κ3) is 7.01. The van der Waals surface area contributed by atoms with Crippen molar-refractivity contribution in [2.45, 2.75) is 32.6 Å². The summed E-state index contributed by atoms with van der Waals surface area (Å²) in [7, 11) is 1.69. The number of amides is 1. The summed E-state index contributed by atoms with van der Waals surface area (Å²) < 4.78 is 5.40. The third-order valence-electron chi connectivity index (χ3n) is 4.48. The van der Waals surface area contributed by atoms with Crippen LogP contribution in [0, 0.1) is 5.92 Å².